The molecule has 0 aliphatic carbocycles. The van der Waals surface area contributed by atoms with Gasteiger partial charge in [-0.05, 0) is 49.4 Å². The molecule has 1 aromatic carbocycles. The first-order chi connectivity index (χ1) is 9.08. The molecule has 0 saturated heterocycles. The Morgan fingerprint density at radius 2 is 2.00 bits per heavy atom. The average Bonchev–Trinajstić information content (AvgIpc) is 2.93. The Hall–Kier alpha value is -1.77. The predicted molar refractivity (Wildman–Crippen MR) is 79.3 cm³/mol. The Bertz CT molecular complexity index is 623. The second-order valence-electron chi connectivity index (χ2n) is 5.72. The molecule has 0 radical (unpaired) electrons. The Labute approximate surface area is 114 Å². The molecule has 0 spiro atoms. The van der Waals surface area contributed by atoms with Gasteiger partial charge in [0.1, 0.15) is 5.82 Å². The summed E-state index contributed by atoms with van der Waals surface area (Å²) in [7, 11) is 0. The molecule has 0 atom stereocenters. The van der Waals surface area contributed by atoms with Crippen molar-refractivity contribution < 1.29 is 0 Å². The van der Waals surface area contributed by atoms with Crippen LogP contribution in [0, 0.1) is 13.8 Å². The van der Waals surface area contributed by atoms with Crippen LogP contribution in [0.4, 0.5) is 5.82 Å². The van der Waals surface area contributed by atoms with E-state index in [1.54, 1.807) is 0 Å². The molecule has 2 aromatic rings. The minimum absolute atomic E-state index is 0.474. The Kier molecular flexibility index (Phi) is 2.85. The van der Waals surface area contributed by atoms with E-state index < -0.39 is 0 Å². The fourth-order valence-electron chi connectivity index (χ4n) is 2.71. The lowest BCUT2D eigenvalue weighted by atomic mass is 10.1. The molecule has 0 unspecified atom stereocenters. The summed E-state index contributed by atoms with van der Waals surface area (Å²) in [6.45, 7) is 9.75. The Balaban J connectivity index is 2.15. The Morgan fingerprint density at radius 1 is 1.21 bits per heavy atom. The van der Waals surface area contributed by atoms with Crippen molar-refractivity contribution in [2.24, 2.45) is 0 Å². The first-order valence-electron chi connectivity index (χ1n) is 7.01. The highest BCUT2D eigenvalue weighted by atomic mass is 15.3. The number of nitrogens with one attached hydrogen (secondary N) is 1. The molecule has 0 saturated carbocycles. The highest BCUT2D eigenvalue weighted by Crippen LogP contribution is 2.32. The molecule has 19 heavy (non-hydrogen) atoms. The summed E-state index contributed by atoms with van der Waals surface area (Å²) in [5.41, 5.74) is 6.42. The molecule has 1 N–H and O–H groups in total. The molecule has 0 bridgehead atoms. The number of aryl methyl sites for hydroxylation is 2. The Morgan fingerprint density at radius 3 is 2.68 bits per heavy atom. The van der Waals surface area contributed by atoms with Crippen LogP contribution in [-0.4, -0.2) is 16.3 Å². The van der Waals surface area contributed by atoms with E-state index >= 15 is 0 Å². The van der Waals surface area contributed by atoms with Crippen LogP contribution in [0.2, 0.25) is 0 Å². The van der Waals surface area contributed by atoms with E-state index in [9.17, 15) is 0 Å². The van der Waals surface area contributed by atoms with Crippen molar-refractivity contribution in [1.29, 1.82) is 0 Å². The molecule has 3 rings (SSSR count). The lowest BCUT2D eigenvalue weighted by Gasteiger charge is -2.09. The molecule has 0 amide bonds. The monoisotopic (exact) mass is 255 g/mol. The number of nitrogens with zero attached hydrogens (tertiary/aromatic N) is 2. The molecule has 3 heteroatoms. The van der Waals surface area contributed by atoms with E-state index in [1.165, 1.54) is 28.2 Å². The summed E-state index contributed by atoms with van der Waals surface area (Å²) in [5, 5.41) is 8.30. The van der Waals surface area contributed by atoms with Gasteiger partial charge in [0.15, 0.2) is 0 Å². The third kappa shape index (κ3) is 1.93. The fourth-order valence-corrected chi connectivity index (χ4v) is 2.71. The number of fused-ring (bicyclic) bond motifs is 1. The van der Waals surface area contributed by atoms with E-state index in [4.69, 9.17) is 5.10 Å². The van der Waals surface area contributed by atoms with Crippen molar-refractivity contribution in [3.63, 3.8) is 0 Å². The molecular formula is C16H21N3. The zero-order valence-electron chi connectivity index (χ0n) is 12.1. The van der Waals surface area contributed by atoms with Crippen LogP contribution in [0.1, 0.15) is 42.1 Å². The molecule has 1 aromatic heterocycles. The molecule has 0 fully saturated rings. The van der Waals surface area contributed by atoms with Crippen molar-refractivity contribution in [2.75, 3.05) is 11.9 Å². The largest absolute Gasteiger partial charge is 0.369 e. The first kappa shape index (κ1) is 12.3. The molecule has 100 valence electrons. The third-order valence-electron chi connectivity index (χ3n) is 3.96. The van der Waals surface area contributed by atoms with Crippen LogP contribution >= 0.6 is 0 Å². The molecular weight excluding hydrogens is 234 g/mol. The maximum Gasteiger partial charge on any atom is 0.133 e. The highest BCUT2D eigenvalue weighted by Gasteiger charge is 2.24. The van der Waals surface area contributed by atoms with Gasteiger partial charge < -0.3 is 5.32 Å². The van der Waals surface area contributed by atoms with Crippen LogP contribution in [0.5, 0.6) is 0 Å². The fraction of sp³-hybridized carbons (Fsp3) is 0.438. The van der Waals surface area contributed by atoms with E-state index in [2.05, 4.69) is 55.9 Å². The second-order valence-corrected chi connectivity index (χ2v) is 5.72. The lowest BCUT2D eigenvalue weighted by molar-refractivity contribution is 0.756. The predicted octanol–water partition coefficient (Wildman–Crippen LogP) is 3.58. The van der Waals surface area contributed by atoms with Gasteiger partial charge in [0.2, 0.25) is 0 Å². The summed E-state index contributed by atoms with van der Waals surface area (Å²) in [6.07, 6.45) is 1.09. The summed E-state index contributed by atoms with van der Waals surface area (Å²) in [6, 6.07) is 6.54. The van der Waals surface area contributed by atoms with Gasteiger partial charge in [-0.2, -0.15) is 5.10 Å². The summed E-state index contributed by atoms with van der Waals surface area (Å²) < 4.78 is 2.07. The first-order valence-corrected chi connectivity index (χ1v) is 7.01. The topological polar surface area (TPSA) is 29.9 Å². The van der Waals surface area contributed by atoms with E-state index in [-0.39, 0.29) is 0 Å². The SMILES string of the molecule is Cc1ccc(-n2nc(C(C)C)c3c2NCC3)cc1C. The minimum atomic E-state index is 0.474. The standard InChI is InChI=1S/C16H21N3/c1-10(2)15-14-7-8-17-16(14)19(18-15)13-6-5-11(3)12(4)9-13/h5-6,9-10,17H,7-8H2,1-4H3. The van der Waals surface area contributed by atoms with Crippen LogP contribution in [0.3, 0.4) is 0 Å². The summed E-state index contributed by atoms with van der Waals surface area (Å²) in [5.74, 6) is 1.66. The number of hydrogen-bond acceptors (Lipinski definition) is 2. The normalized spacial score (nSPS) is 13.7. The molecule has 2 heterocycles. The zero-order chi connectivity index (χ0) is 13.6. The second kappa shape index (κ2) is 4.41. The maximum absolute atomic E-state index is 4.83. The van der Waals surface area contributed by atoms with E-state index in [0.29, 0.717) is 5.92 Å². The average molecular weight is 255 g/mol. The van der Waals surface area contributed by atoms with Crippen LogP contribution < -0.4 is 5.32 Å². The van der Waals surface area contributed by atoms with Gasteiger partial charge in [-0.25, -0.2) is 4.68 Å². The van der Waals surface area contributed by atoms with Crippen molar-refractivity contribution in [3.8, 4) is 5.69 Å². The minimum Gasteiger partial charge on any atom is -0.369 e. The highest BCUT2D eigenvalue weighted by molar-refractivity contribution is 5.58. The maximum atomic E-state index is 4.83. The van der Waals surface area contributed by atoms with E-state index in [1.807, 2.05) is 0 Å². The van der Waals surface area contributed by atoms with Gasteiger partial charge in [0, 0.05) is 12.1 Å². The summed E-state index contributed by atoms with van der Waals surface area (Å²) in [4.78, 5) is 0. The number of aromatic nitrogens is 2. The summed E-state index contributed by atoms with van der Waals surface area (Å²) >= 11 is 0. The van der Waals surface area contributed by atoms with Crippen molar-refractivity contribution >= 4 is 5.82 Å². The number of anilines is 1. The zero-order valence-corrected chi connectivity index (χ0v) is 12.1. The molecule has 1 aliphatic rings. The van der Waals surface area contributed by atoms with Gasteiger partial charge in [0.05, 0.1) is 11.4 Å². The number of rotatable bonds is 2. The lowest BCUT2D eigenvalue weighted by Crippen LogP contribution is -2.05. The van der Waals surface area contributed by atoms with Gasteiger partial charge >= 0.3 is 0 Å². The van der Waals surface area contributed by atoms with Crippen LogP contribution in [0.25, 0.3) is 5.69 Å². The number of hydrogen-bond donors (Lipinski definition) is 1. The van der Waals surface area contributed by atoms with Gasteiger partial charge in [0.25, 0.3) is 0 Å². The molecule has 1 aliphatic heterocycles. The smallest absolute Gasteiger partial charge is 0.133 e. The quantitative estimate of drug-likeness (QED) is 0.889. The van der Waals surface area contributed by atoms with Crippen molar-refractivity contribution in [1.82, 2.24) is 9.78 Å². The van der Waals surface area contributed by atoms with Crippen molar-refractivity contribution in [2.45, 2.75) is 40.0 Å². The van der Waals surface area contributed by atoms with Crippen LogP contribution in [0.15, 0.2) is 18.2 Å². The van der Waals surface area contributed by atoms with E-state index in [0.717, 1.165) is 18.7 Å². The van der Waals surface area contributed by atoms with Crippen molar-refractivity contribution in [3.05, 3.63) is 40.6 Å². The van der Waals surface area contributed by atoms with Gasteiger partial charge in [-0.3, -0.25) is 0 Å². The molecule has 3 nitrogen and oxygen atoms in total. The van der Waals surface area contributed by atoms with Crippen LogP contribution in [-0.2, 0) is 6.42 Å². The van der Waals surface area contributed by atoms with Gasteiger partial charge in [-0.1, -0.05) is 19.9 Å². The number of benzene rings is 1. The third-order valence-corrected chi connectivity index (χ3v) is 3.96. The van der Waals surface area contributed by atoms with Gasteiger partial charge in [-0.15, -0.1) is 0 Å².